The molecule has 0 saturated heterocycles. The minimum absolute atomic E-state index is 0.110. The number of nitrogens with two attached hydrogens (primary N) is 1. The third kappa shape index (κ3) is 6.91. The summed E-state index contributed by atoms with van der Waals surface area (Å²) in [5.74, 6) is -1.60. The first-order valence-corrected chi connectivity index (χ1v) is 17.9. The van der Waals surface area contributed by atoms with Crippen molar-refractivity contribution in [1.82, 2.24) is 24.6 Å². The van der Waals surface area contributed by atoms with Crippen LogP contribution in [-0.4, -0.2) is 51.1 Å². The summed E-state index contributed by atoms with van der Waals surface area (Å²) >= 11 is 0. The predicted octanol–water partition coefficient (Wildman–Crippen LogP) is 5.39. The Bertz CT molecular complexity index is 1670. The van der Waals surface area contributed by atoms with Gasteiger partial charge in [0.1, 0.15) is 12.5 Å². The Balaban J connectivity index is 1.41. The number of rotatable bonds is 9. The normalized spacial score (nSPS) is 14.9. The van der Waals surface area contributed by atoms with Gasteiger partial charge in [0.2, 0.25) is 0 Å². The van der Waals surface area contributed by atoms with Crippen molar-refractivity contribution in [3.8, 4) is 0 Å². The number of ether oxygens (including phenoxy) is 1. The van der Waals surface area contributed by atoms with Crippen LogP contribution in [0.25, 0.3) is 10.9 Å². The zero-order valence-corrected chi connectivity index (χ0v) is 25.7. The Morgan fingerprint density at radius 1 is 1.11 bits per heavy atom. The second-order valence-corrected chi connectivity index (χ2v) is 17.6. The Kier molecular flexibility index (Phi) is 8.75. The minimum Gasteiger partial charge on any atom is -0.383 e. The van der Waals surface area contributed by atoms with Gasteiger partial charge in [-0.2, -0.15) is 18.3 Å². The highest BCUT2D eigenvalue weighted by Crippen LogP contribution is 2.37. The van der Waals surface area contributed by atoms with Crippen molar-refractivity contribution in [3.63, 3.8) is 0 Å². The fraction of sp³-hybridized carbons (Fsp3) is 0.367. The number of nitrogens with zero attached hydrogens (tertiary/aromatic N) is 5. The van der Waals surface area contributed by atoms with Gasteiger partial charge in [-0.25, -0.2) is 9.67 Å². The fourth-order valence-electron chi connectivity index (χ4n) is 5.19. The molecule has 14 heteroatoms. The van der Waals surface area contributed by atoms with Crippen LogP contribution in [0.2, 0.25) is 25.7 Å². The topological polar surface area (TPSA) is 128 Å². The molecule has 0 aliphatic heterocycles. The molecule has 0 fully saturated rings. The van der Waals surface area contributed by atoms with E-state index < -0.39 is 37.7 Å². The lowest BCUT2D eigenvalue weighted by atomic mass is 10.1. The molecule has 1 aliphatic rings. The molecule has 0 saturated carbocycles. The monoisotopic (exact) mass is 625 g/mol. The predicted molar refractivity (Wildman–Crippen MR) is 162 cm³/mol. The van der Waals surface area contributed by atoms with Gasteiger partial charge in [0.25, 0.3) is 0 Å². The number of fused-ring (bicyclic) bond motifs is 2. The lowest BCUT2D eigenvalue weighted by Crippen LogP contribution is -2.41. The van der Waals surface area contributed by atoms with Gasteiger partial charge in [0.15, 0.2) is 0 Å². The molecule has 3 aromatic heterocycles. The van der Waals surface area contributed by atoms with Crippen LogP contribution in [-0.2, 0) is 40.2 Å². The number of nitrogen functional groups attached to an aromatic ring is 1. The van der Waals surface area contributed by atoms with Crippen LogP contribution in [0.4, 0.5) is 24.7 Å². The van der Waals surface area contributed by atoms with E-state index in [-0.39, 0.29) is 30.5 Å². The van der Waals surface area contributed by atoms with Crippen LogP contribution in [0.1, 0.15) is 34.8 Å². The summed E-state index contributed by atoms with van der Waals surface area (Å²) < 4.78 is 46.8. The van der Waals surface area contributed by atoms with Gasteiger partial charge >= 0.3 is 18.0 Å². The first kappa shape index (κ1) is 31.1. The molecule has 0 radical (unpaired) electrons. The maximum Gasteiger partial charge on any atom is 0.417 e. The van der Waals surface area contributed by atoms with Crippen LogP contribution in [0.5, 0.6) is 0 Å². The molecule has 2 amide bonds. The van der Waals surface area contributed by atoms with Crippen LogP contribution in [0.15, 0.2) is 55.0 Å². The zero-order chi connectivity index (χ0) is 31.6. The molecular formula is C30H34F3N7O3Si. The van der Waals surface area contributed by atoms with Gasteiger partial charge in [-0.05, 0) is 42.1 Å². The van der Waals surface area contributed by atoms with Crippen molar-refractivity contribution in [1.29, 1.82) is 0 Å². The summed E-state index contributed by atoms with van der Waals surface area (Å²) in [6.45, 7) is 7.24. The Morgan fingerprint density at radius 2 is 1.89 bits per heavy atom. The first-order chi connectivity index (χ1) is 20.8. The second kappa shape index (κ2) is 12.4. The zero-order valence-electron chi connectivity index (χ0n) is 24.7. The maximum absolute atomic E-state index is 13.8. The van der Waals surface area contributed by atoms with Gasteiger partial charge < -0.3 is 20.7 Å². The lowest BCUT2D eigenvalue weighted by molar-refractivity contribution is -0.145. The number of anilines is 2. The minimum atomic E-state index is -4.55. The number of benzene rings is 1. The highest BCUT2D eigenvalue weighted by Gasteiger charge is 2.35. The van der Waals surface area contributed by atoms with Gasteiger partial charge in [0, 0.05) is 20.9 Å². The van der Waals surface area contributed by atoms with Crippen molar-refractivity contribution >= 4 is 42.3 Å². The number of hydrogen-bond acceptors (Lipinski definition) is 7. The fourth-order valence-corrected chi connectivity index (χ4v) is 5.95. The molecule has 3 N–H and O–H groups in total. The van der Waals surface area contributed by atoms with E-state index in [0.29, 0.717) is 30.4 Å². The van der Waals surface area contributed by atoms with Crippen molar-refractivity contribution in [2.24, 2.45) is 0 Å². The Hall–Kier alpha value is -4.30. The summed E-state index contributed by atoms with van der Waals surface area (Å²) in [6, 6.07) is 10.2. The highest BCUT2D eigenvalue weighted by atomic mass is 28.3. The first-order valence-electron chi connectivity index (χ1n) is 14.2. The number of halogens is 3. The number of hydrogen-bond donors (Lipinski definition) is 2. The highest BCUT2D eigenvalue weighted by molar-refractivity contribution is 6.76. The number of alkyl halides is 3. The van der Waals surface area contributed by atoms with E-state index in [9.17, 15) is 22.8 Å². The third-order valence-electron chi connectivity index (χ3n) is 7.58. The molecule has 232 valence electrons. The maximum atomic E-state index is 13.8. The second-order valence-electron chi connectivity index (χ2n) is 12.0. The summed E-state index contributed by atoms with van der Waals surface area (Å²) in [5.41, 5.74) is 7.99. The average molecular weight is 626 g/mol. The molecule has 0 bridgehead atoms. The molecule has 1 aromatic carbocycles. The molecule has 5 rings (SSSR count). The summed E-state index contributed by atoms with van der Waals surface area (Å²) in [6.07, 6.45) is 0.297. The van der Waals surface area contributed by atoms with Gasteiger partial charge in [-0.3, -0.25) is 14.6 Å². The summed E-state index contributed by atoms with van der Waals surface area (Å²) in [5, 5.41) is 7.51. The average Bonchev–Trinajstić information content (AvgIpc) is 3.60. The third-order valence-corrected chi connectivity index (χ3v) is 9.28. The van der Waals surface area contributed by atoms with Crippen molar-refractivity contribution in [2.75, 3.05) is 17.7 Å². The number of aromatic nitrogens is 4. The van der Waals surface area contributed by atoms with Gasteiger partial charge in [0.05, 0.1) is 52.8 Å². The van der Waals surface area contributed by atoms with Crippen LogP contribution in [0, 0.1) is 0 Å². The molecule has 44 heavy (non-hydrogen) atoms. The SMILES string of the molecule is C[Si](C)(C)CCOCn1ncc2c(N)ncc(NC(=O)C(=O)N(Cc3ccc(C(F)(F)F)cn3)[C@@H]3CCc4ccccc43)c21. The van der Waals surface area contributed by atoms with Crippen LogP contribution in [0.3, 0.4) is 0 Å². The van der Waals surface area contributed by atoms with Gasteiger partial charge in [-0.15, -0.1) is 0 Å². The standard InChI is InChI=1S/C30H34F3N7O3Si/c1-44(2,3)13-12-43-18-40-26-23(15-37-40)27(34)36-16-24(26)38-28(41)29(42)39(25-11-8-19-6-4-5-7-22(19)25)17-21-10-9-20(14-35-21)30(31,32)33/h4-7,9-10,14-16,25H,8,11-13,17-18H2,1-3H3,(H2,34,36)(H,38,41)/t25-/m1/s1. The van der Waals surface area contributed by atoms with E-state index in [1.807, 2.05) is 24.3 Å². The Labute approximate surface area is 253 Å². The molecule has 1 aliphatic carbocycles. The quantitative estimate of drug-likeness (QED) is 0.145. The summed E-state index contributed by atoms with van der Waals surface area (Å²) in [7, 11) is -1.31. The largest absolute Gasteiger partial charge is 0.417 e. The molecule has 1 atom stereocenters. The number of carbonyl (C=O) groups excluding carboxylic acids is 2. The van der Waals surface area contributed by atoms with Crippen LogP contribution < -0.4 is 11.1 Å². The number of aryl methyl sites for hydroxylation is 1. The molecule has 4 aromatic rings. The van der Waals surface area contributed by atoms with E-state index in [4.69, 9.17) is 10.5 Å². The number of amides is 2. The van der Waals surface area contributed by atoms with E-state index >= 15 is 0 Å². The van der Waals surface area contributed by atoms with E-state index in [2.05, 4.69) is 40.0 Å². The Morgan fingerprint density at radius 3 is 2.59 bits per heavy atom. The van der Waals surface area contributed by atoms with E-state index in [0.717, 1.165) is 29.4 Å². The van der Waals surface area contributed by atoms with Crippen molar-refractivity contribution < 1.29 is 27.5 Å². The van der Waals surface area contributed by atoms with Crippen LogP contribution >= 0.6 is 0 Å². The molecule has 0 unspecified atom stereocenters. The smallest absolute Gasteiger partial charge is 0.383 e. The number of nitrogens with one attached hydrogen (secondary N) is 1. The molecule has 0 spiro atoms. The number of carbonyl (C=O) groups is 2. The molecule has 3 heterocycles. The van der Waals surface area contributed by atoms with Crippen molar-refractivity contribution in [2.45, 2.75) is 64.0 Å². The van der Waals surface area contributed by atoms with Crippen molar-refractivity contribution in [3.05, 3.63) is 77.4 Å². The summed E-state index contributed by atoms with van der Waals surface area (Å²) in [4.78, 5) is 36.8. The lowest BCUT2D eigenvalue weighted by Gasteiger charge is -2.29. The van der Waals surface area contributed by atoms with Gasteiger partial charge in [-0.1, -0.05) is 43.9 Å². The van der Waals surface area contributed by atoms with E-state index in [1.54, 1.807) is 4.68 Å². The van der Waals surface area contributed by atoms with E-state index in [1.165, 1.54) is 23.4 Å². The number of pyridine rings is 2. The molecule has 10 nitrogen and oxygen atoms in total. The molecular weight excluding hydrogens is 591 g/mol.